The molecule has 126 valence electrons. The van der Waals surface area contributed by atoms with Crippen LogP contribution in [0.25, 0.3) is 22.3 Å². The standard InChI is InChI=1S/C25H21N/c26-25-17-9-8-16-24(25)23-15-7-5-13-21(23)18-20-12-4-6-14-22(20)19-10-2-1-3-11-19/h1-17H,18,26H2. The Labute approximate surface area is 154 Å². The minimum atomic E-state index is 0.816. The lowest BCUT2D eigenvalue weighted by Gasteiger charge is -2.14. The van der Waals surface area contributed by atoms with Gasteiger partial charge in [0.1, 0.15) is 0 Å². The summed E-state index contributed by atoms with van der Waals surface area (Å²) in [6.45, 7) is 0. The summed E-state index contributed by atoms with van der Waals surface area (Å²) in [5.41, 5.74) is 14.5. The molecule has 0 amide bonds. The Kier molecular flexibility index (Phi) is 4.53. The monoisotopic (exact) mass is 335 g/mol. The third kappa shape index (κ3) is 3.25. The number of anilines is 1. The number of nitrogens with two attached hydrogens (primary N) is 1. The van der Waals surface area contributed by atoms with E-state index in [4.69, 9.17) is 5.73 Å². The van der Waals surface area contributed by atoms with Gasteiger partial charge < -0.3 is 5.73 Å². The molecular weight excluding hydrogens is 314 g/mol. The highest BCUT2D eigenvalue weighted by molar-refractivity contribution is 5.79. The average molecular weight is 335 g/mol. The number of rotatable bonds is 4. The lowest BCUT2D eigenvalue weighted by molar-refractivity contribution is 1.20. The molecule has 0 heterocycles. The van der Waals surface area contributed by atoms with E-state index >= 15 is 0 Å². The number of benzene rings is 4. The molecule has 0 atom stereocenters. The molecule has 0 saturated heterocycles. The fourth-order valence-corrected chi connectivity index (χ4v) is 3.46. The summed E-state index contributed by atoms with van der Waals surface area (Å²) in [6.07, 6.45) is 0.871. The fraction of sp³-hybridized carbons (Fsp3) is 0.0400. The fourth-order valence-electron chi connectivity index (χ4n) is 3.46. The van der Waals surface area contributed by atoms with Crippen molar-refractivity contribution in [3.8, 4) is 22.3 Å². The maximum Gasteiger partial charge on any atom is 0.0393 e. The van der Waals surface area contributed by atoms with E-state index < -0.39 is 0 Å². The Hall–Kier alpha value is -3.32. The number of hydrogen-bond acceptors (Lipinski definition) is 1. The van der Waals surface area contributed by atoms with Crippen LogP contribution in [0.2, 0.25) is 0 Å². The van der Waals surface area contributed by atoms with E-state index in [9.17, 15) is 0 Å². The van der Waals surface area contributed by atoms with Gasteiger partial charge in [-0.15, -0.1) is 0 Å². The maximum absolute atomic E-state index is 6.24. The van der Waals surface area contributed by atoms with Gasteiger partial charge in [0.2, 0.25) is 0 Å². The van der Waals surface area contributed by atoms with Gasteiger partial charge in [0.25, 0.3) is 0 Å². The van der Waals surface area contributed by atoms with Gasteiger partial charge in [0.15, 0.2) is 0 Å². The van der Waals surface area contributed by atoms with Crippen molar-refractivity contribution >= 4 is 5.69 Å². The zero-order chi connectivity index (χ0) is 17.8. The maximum atomic E-state index is 6.24. The second-order valence-electron chi connectivity index (χ2n) is 6.44. The van der Waals surface area contributed by atoms with E-state index in [2.05, 4.69) is 84.9 Å². The molecule has 1 nitrogen and oxygen atoms in total. The molecule has 0 radical (unpaired) electrons. The molecule has 0 aliphatic heterocycles. The largest absolute Gasteiger partial charge is 0.398 e. The summed E-state index contributed by atoms with van der Waals surface area (Å²) >= 11 is 0. The van der Waals surface area contributed by atoms with E-state index in [-0.39, 0.29) is 0 Å². The van der Waals surface area contributed by atoms with Crippen LogP contribution in [0, 0.1) is 0 Å². The molecule has 4 aromatic rings. The average Bonchev–Trinajstić information content (AvgIpc) is 2.70. The minimum absolute atomic E-state index is 0.816. The summed E-state index contributed by atoms with van der Waals surface area (Å²) < 4.78 is 0. The minimum Gasteiger partial charge on any atom is -0.398 e. The van der Waals surface area contributed by atoms with Gasteiger partial charge in [-0.3, -0.25) is 0 Å². The smallest absolute Gasteiger partial charge is 0.0393 e. The summed E-state index contributed by atoms with van der Waals surface area (Å²) in [4.78, 5) is 0. The number of hydrogen-bond donors (Lipinski definition) is 1. The van der Waals surface area contributed by atoms with Crippen LogP contribution in [0.15, 0.2) is 103 Å². The Morgan fingerprint density at radius 1 is 0.462 bits per heavy atom. The van der Waals surface area contributed by atoms with Crippen LogP contribution in [0.5, 0.6) is 0 Å². The van der Waals surface area contributed by atoms with Crippen LogP contribution in [0.1, 0.15) is 11.1 Å². The van der Waals surface area contributed by atoms with E-state index in [1.165, 1.54) is 27.8 Å². The van der Waals surface area contributed by atoms with Gasteiger partial charge in [-0.1, -0.05) is 97.1 Å². The first-order valence-corrected chi connectivity index (χ1v) is 8.89. The Bertz CT molecular complexity index is 1020. The zero-order valence-electron chi connectivity index (χ0n) is 14.6. The predicted octanol–water partition coefficient (Wildman–Crippen LogP) is 6.19. The molecule has 0 bridgehead atoms. The molecular formula is C25H21N. The van der Waals surface area contributed by atoms with E-state index in [0.29, 0.717) is 0 Å². The van der Waals surface area contributed by atoms with Crippen LogP contribution in [0.3, 0.4) is 0 Å². The van der Waals surface area contributed by atoms with Gasteiger partial charge in [0.05, 0.1) is 0 Å². The quantitative estimate of drug-likeness (QED) is 0.442. The van der Waals surface area contributed by atoms with Crippen LogP contribution in [-0.4, -0.2) is 0 Å². The van der Waals surface area contributed by atoms with Gasteiger partial charge in [0, 0.05) is 11.3 Å². The topological polar surface area (TPSA) is 26.0 Å². The second-order valence-corrected chi connectivity index (χ2v) is 6.44. The summed E-state index contributed by atoms with van der Waals surface area (Å²) in [7, 11) is 0. The van der Waals surface area contributed by atoms with Gasteiger partial charge in [-0.05, 0) is 40.3 Å². The summed E-state index contributed by atoms with van der Waals surface area (Å²) in [5.74, 6) is 0. The van der Waals surface area contributed by atoms with Crippen molar-refractivity contribution in [2.45, 2.75) is 6.42 Å². The van der Waals surface area contributed by atoms with Crippen molar-refractivity contribution in [3.05, 3.63) is 114 Å². The van der Waals surface area contributed by atoms with Crippen LogP contribution < -0.4 is 5.73 Å². The van der Waals surface area contributed by atoms with E-state index in [1.54, 1.807) is 0 Å². The number of para-hydroxylation sites is 1. The summed E-state index contributed by atoms with van der Waals surface area (Å²) in [6, 6.07) is 35.8. The van der Waals surface area contributed by atoms with Crippen molar-refractivity contribution < 1.29 is 0 Å². The second kappa shape index (κ2) is 7.28. The molecule has 0 aromatic heterocycles. The Morgan fingerprint density at radius 2 is 0.962 bits per heavy atom. The third-order valence-electron chi connectivity index (χ3n) is 4.75. The molecule has 0 aliphatic carbocycles. The Balaban J connectivity index is 1.78. The van der Waals surface area contributed by atoms with Crippen molar-refractivity contribution in [1.82, 2.24) is 0 Å². The van der Waals surface area contributed by atoms with Crippen LogP contribution in [-0.2, 0) is 6.42 Å². The van der Waals surface area contributed by atoms with Gasteiger partial charge in [-0.2, -0.15) is 0 Å². The molecule has 2 N–H and O–H groups in total. The van der Waals surface area contributed by atoms with Crippen molar-refractivity contribution in [2.24, 2.45) is 0 Å². The zero-order valence-corrected chi connectivity index (χ0v) is 14.6. The first-order valence-electron chi connectivity index (χ1n) is 8.89. The molecule has 4 aromatic carbocycles. The SMILES string of the molecule is Nc1ccccc1-c1ccccc1Cc1ccccc1-c1ccccc1. The van der Waals surface area contributed by atoms with Crippen molar-refractivity contribution in [1.29, 1.82) is 0 Å². The first-order chi connectivity index (χ1) is 12.8. The van der Waals surface area contributed by atoms with Crippen molar-refractivity contribution in [3.63, 3.8) is 0 Å². The van der Waals surface area contributed by atoms with Crippen LogP contribution in [0.4, 0.5) is 5.69 Å². The highest BCUT2D eigenvalue weighted by atomic mass is 14.6. The van der Waals surface area contributed by atoms with Gasteiger partial charge >= 0.3 is 0 Å². The number of nitrogen functional groups attached to an aromatic ring is 1. The lowest BCUT2D eigenvalue weighted by Crippen LogP contribution is -1.97. The van der Waals surface area contributed by atoms with Gasteiger partial charge in [-0.25, -0.2) is 0 Å². The predicted molar refractivity (Wildman–Crippen MR) is 111 cm³/mol. The molecule has 0 saturated carbocycles. The molecule has 26 heavy (non-hydrogen) atoms. The van der Waals surface area contributed by atoms with Crippen LogP contribution >= 0.6 is 0 Å². The molecule has 0 spiro atoms. The van der Waals surface area contributed by atoms with E-state index in [1.807, 2.05) is 18.2 Å². The third-order valence-corrected chi connectivity index (χ3v) is 4.75. The lowest BCUT2D eigenvalue weighted by atomic mass is 9.90. The molecule has 0 aliphatic rings. The molecule has 1 heteroatoms. The highest BCUT2D eigenvalue weighted by Gasteiger charge is 2.10. The Morgan fingerprint density at radius 3 is 1.65 bits per heavy atom. The molecule has 4 rings (SSSR count). The van der Waals surface area contributed by atoms with E-state index in [0.717, 1.165) is 17.7 Å². The first kappa shape index (κ1) is 16.2. The van der Waals surface area contributed by atoms with Crippen molar-refractivity contribution in [2.75, 3.05) is 5.73 Å². The molecule has 0 fully saturated rings. The highest BCUT2D eigenvalue weighted by Crippen LogP contribution is 2.32. The summed E-state index contributed by atoms with van der Waals surface area (Å²) in [5, 5.41) is 0. The normalized spacial score (nSPS) is 10.6. The molecule has 0 unspecified atom stereocenters.